The van der Waals surface area contributed by atoms with Crippen molar-refractivity contribution < 1.29 is 8.42 Å². The monoisotopic (exact) mass is 306 g/mol. The van der Waals surface area contributed by atoms with Crippen molar-refractivity contribution in [3.63, 3.8) is 0 Å². The fourth-order valence-electron chi connectivity index (χ4n) is 3.15. The summed E-state index contributed by atoms with van der Waals surface area (Å²) in [6, 6.07) is 7.74. The Morgan fingerprint density at radius 2 is 1.81 bits per heavy atom. The van der Waals surface area contributed by atoms with E-state index < -0.39 is 10.0 Å². The number of fused-ring (bicyclic) bond motifs is 1. The van der Waals surface area contributed by atoms with E-state index in [-0.39, 0.29) is 0 Å². The molecule has 0 atom stereocenters. The van der Waals surface area contributed by atoms with Crippen LogP contribution in [-0.4, -0.2) is 69.4 Å². The maximum Gasteiger partial charge on any atom is 0.285 e. The van der Waals surface area contributed by atoms with Gasteiger partial charge in [0.25, 0.3) is 10.0 Å². The van der Waals surface area contributed by atoms with E-state index in [4.69, 9.17) is 0 Å². The lowest BCUT2D eigenvalue weighted by molar-refractivity contribution is 0.0996. The number of sulfonamides is 1. The summed E-state index contributed by atoms with van der Waals surface area (Å²) in [7, 11) is -3.50. The molecular weight excluding hydrogens is 288 g/mol. The number of nitrogens with one attached hydrogen (secondary N) is 1. The molecule has 1 aromatic rings. The lowest BCUT2D eigenvalue weighted by Crippen LogP contribution is -2.62. The SMILES string of the molecule is O=S1(=O)N=C(N2CCN(C3CNC3)CC2)c2ccccc21. The molecule has 3 aliphatic heterocycles. The zero-order chi connectivity index (χ0) is 14.4. The average Bonchev–Trinajstić information content (AvgIpc) is 2.71. The van der Waals surface area contributed by atoms with Gasteiger partial charge in [-0.2, -0.15) is 8.42 Å². The first-order valence-electron chi connectivity index (χ1n) is 7.29. The maximum atomic E-state index is 12.1. The van der Waals surface area contributed by atoms with Gasteiger partial charge < -0.3 is 10.2 Å². The molecule has 4 rings (SSSR count). The molecule has 7 heteroatoms. The summed E-state index contributed by atoms with van der Waals surface area (Å²) in [5.74, 6) is 0.622. The lowest BCUT2D eigenvalue weighted by Gasteiger charge is -2.43. The molecule has 0 aromatic heterocycles. The van der Waals surface area contributed by atoms with Crippen LogP contribution in [-0.2, 0) is 10.0 Å². The van der Waals surface area contributed by atoms with Crippen LogP contribution in [0.25, 0.3) is 0 Å². The summed E-state index contributed by atoms with van der Waals surface area (Å²) in [6.45, 7) is 5.73. The van der Waals surface area contributed by atoms with E-state index in [1.165, 1.54) is 0 Å². The van der Waals surface area contributed by atoms with Crippen LogP contribution in [0.4, 0.5) is 0 Å². The molecule has 6 nitrogen and oxygen atoms in total. The van der Waals surface area contributed by atoms with E-state index >= 15 is 0 Å². The van der Waals surface area contributed by atoms with Crippen LogP contribution >= 0.6 is 0 Å². The number of hydrogen-bond acceptors (Lipinski definition) is 5. The van der Waals surface area contributed by atoms with Crippen molar-refractivity contribution in [1.82, 2.24) is 15.1 Å². The number of piperazine rings is 1. The Hall–Kier alpha value is -1.44. The van der Waals surface area contributed by atoms with E-state index in [1.807, 2.05) is 12.1 Å². The third-order valence-electron chi connectivity index (χ3n) is 4.50. The number of hydrogen-bond donors (Lipinski definition) is 1. The van der Waals surface area contributed by atoms with Gasteiger partial charge >= 0.3 is 0 Å². The third kappa shape index (κ3) is 2.16. The van der Waals surface area contributed by atoms with Crippen LogP contribution in [0, 0.1) is 0 Å². The van der Waals surface area contributed by atoms with Crippen LogP contribution in [0.15, 0.2) is 33.6 Å². The van der Waals surface area contributed by atoms with Crippen LogP contribution in [0.3, 0.4) is 0 Å². The predicted molar refractivity (Wildman–Crippen MR) is 80.0 cm³/mol. The van der Waals surface area contributed by atoms with Crippen molar-refractivity contribution in [3.05, 3.63) is 29.8 Å². The molecule has 1 aromatic carbocycles. The second-order valence-electron chi connectivity index (χ2n) is 5.72. The molecule has 0 radical (unpaired) electrons. The minimum Gasteiger partial charge on any atom is -0.353 e. The van der Waals surface area contributed by atoms with E-state index in [0.29, 0.717) is 16.8 Å². The van der Waals surface area contributed by atoms with Gasteiger partial charge in [0.1, 0.15) is 4.90 Å². The Morgan fingerprint density at radius 3 is 2.48 bits per heavy atom. The van der Waals surface area contributed by atoms with Crippen molar-refractivity contribution in [3.8, 4) is 0 Å². The molecule has 0 saturated carbocycles. The van der Waals surface area contributed by atoms with Crippen LogP contribution < -0.4 is 5.32 Å². The Kier molecular flexibility index (Phi) is 3.02. The number of rotatable bonds is 1. The summed E-state index contributed by atoms with van der Waals surface area (Å²) >= 11 is 0. The Labute approximate surface area is 124 Å². The molecule has 0 spiro atoms. The molecule has 2 fully saturated rings. The zero-order valence-electron chi connectivity index (χ0n) is 11.7. The highest BCUT2D eigenvalue weighted by atomic mass is 32.2. The van der Waals surface area contributed by atoms with E-state index in [1.54, 1.807) is 12.1 Å². The number of amidine groups is 1. The second-order valence-corrected chi connectivity index (χ2v) is 7.29. The van der Waals surface area contributed by atoms with Gasteiger partial charge in [-0.15, -0.1) is 4.40 Å². The average molecular weight is 306 g/mol. The lowest BCUT2D eigenvalue weighted by atomic mass is 10.1. The van der Waals surface area contributed by atoms with Gasteiger partial charge in [0.05, 0.1) is 0 Å². The molecule has 2 saturated heterocycles. The van der Waals surface area contributed by atoms with Crippen LogP contribution in [0.2, 0.25) is 0 Å². The van der Waals surface area contributed by atoms with Gasteiger partial charge in [0, 0.05) is 50.9 Å². The fourth-order valence-corrected chi connectivity index (χ4v) is 4.37. The highest BCUT2D eigenvalue weighted by molar-refractivity contribution is 7.90. The molecule has 0 aliphatic carbocycles. The number of nitrogens with zero attached hydrogens (tertiary/aromatic N) is 3. The van der Waals surface area contributed by atoms with Crippen molar-refractivity contribution in [1.29, 1.82) is 0 Å². The van der Waals surface area contributed by atoms with Crippen molar-refractivity contribution in [2.45, 2.75) is 10.9 Å². The molecule has 0 bridgehead atoms. The van der Waals surface area contributed by atoms with E-state index in [2.05, 4.69) is 19.5 Å². The Bertz CT molecular complexity index is 689. The largest absolute Gasteiger partial charge is 0.353 e. The smallest absolute Gasteiger partial charge is 0.285 e. The van der Waals surface area contributed by atoms with Gasteiger partial charge in [-0.25, -0.2) is 0 Å². The van der Waals surface area contributed by atoms with Gasteiger partial charge in [-0.05, 0) is 12.1 Å². The molecule has 3 heterocycles. The molecule has 0 amide bonds. The van der Waals surface area contributed by atoms with Gasteiger partial charge in [-0.3, -0.25) is 4.90 Å². The summed E-state index contributed by atoms with van der Waals surface area (Å²) < 4.78 is 28.2. The summed E-state index contributed by atoms with van der Waals surface area (Å²) in [5, 5.41) is 3.29. The Morgan fingerprint density at radius 1 is 1.10 bits per heavy atom. The number of benzene rings is 1. The van der Waals surface area contributed by atoms with Crippen molar-refractivity contribution in [2.24, 2.45) is 4.40 Å². The van der Waals surface area contributed by atoms with Crippen LogP contribution in [0.1, 0.15) is 5.56 Å². The fraction of sp³-hybridized carbons (Fsp3) is 0.500. The zero-order valence-corrected chi connectivity index (χ0v) is 12.5. The summed E-state index contributed by atoms with van der Waals surface area (Å²) in [5.41, 5.74) is 0.747. The summed E-state index contributed by atoms with van der Waals surface area (Å²) in [4.78, 5) is 4.92. The topological polar surface area (TPSA) is 65.0 Å². The van der Waals surface area contributed by atoms with Crippen molar-refractivity contribution in [2.75, 3.05) is 39.3 Å². The molecule has 1 N–H and O–H groups in total. The van der Waals surface area contributed by atoms with Crippen LogP contribution in [0.5, 0.6) is 0 Å². The first-order valence-corrected chi connectivity index (χ1v) is 8.73. The van der Waals surface area contributed by atoms with Gasteiger partial charge in [-0.1, -0.05) is 12.1 Å². The van der Waals surface area contributed by atoms with E-state index in [0.717, 1.165) is 44.8 Å². The molecular formula is C14H18N4O2S. The predicted octanol–water partition coefficient (Wildman–Crippen LogP) is -0.275. The first-order chi connectivity index (χ1) is 10.1. The molecule has 3 aliphatic rings. The molecule has 112 valence electrons. The Balaban J connectivity index is 1.55. The van der Waals surface area contributed by atoms with E-state index in [9.17, 15) is 8.42 Å². The highest BCUT2D eigenvalue weighted by Crippen LogP contribution is 2.28. The molecule has 0 unspecified atom stereocenters. The standard InChI is InChI=1S/C14H18N4O2S/c19-21(20)13-4-2-1-3-12(13)14(16-21)18-7-5-17(6-8-18)11-9-15-10-11/h1-4,11,15H,5-10H2. The summed E-state index contributed by atoms with van der Waals surface area (Å²) in [6.07, 6.45) is 0. The van der Waals surface area contributed by atoms with Crippen molar-refractivity contribution >= 4 is 15.9 Å². The quantitative estimate of drug-likeness (QED) is 0.773. The minimum absolute atomic E-state index is 0.339. The third-order valence-corrected chi connectivity index (χ3v) is 5.83. The first kappa shape index (κ1) is 13.2. The minimum atomic E-state index is -3.50. The molecule has 21 heavy (non-hydrogen) atoms. The van der Waals surface area contributed by atoms with Gasteiger partial charge in [0.2, 0.25) is 0 Å². The normalized spacial score (nSPS) is 25.3. The van der Waals surface area contributed by atoms with Gasteiger partial charge in [0.15, 0.2) is 5.84 Å². The second kappa shape index (κ2) is 4.79. The maximum absolute atomic E-state index is 12.1. The highest BCUT2D eigenvalue weighted by Gasteiger charge is 2.34.